The molecule has 1 aromatic carbocycles. The Balaban J connectivity index is 2.35. The molecule has 6 heteroatoms. The van der Waals surface area contributed by atoms with Crippen molar-refractivity contribution in [3.8, 4) is 5.75 Å². The van der Waals surface area contributed by atoms with E-state index in [0.717, 1.165) is 12.0 Å². The monoisotopic (exact) mass is 309 g/mol. The van der Waals surface area contributed by atoms with Crippen molar-refractivity contribution in [1.82, 2.24) is 5.32 Å². The minimum atomic E-state index is -4.65. The average molecular weight is 310 g/mol. The normalized spacial score (nSPS) is 13.6. The zero-order chi connectivity index (χ0) is 15.2. The molecule has 0 aliphatic rings. The fraction of sp³-hybridized carbons (Fsp3) is 0.571. The molecule has 0 radical (unpaired) electrons. The van der Waals surface area contributed by atoms with Crippen molar-refractivity contribution >= 4 is 11.6 Å². The topological polar surface area (TPSA) is 21.3 Å². The number of benzene rings is 1. The Morgan fingerprint density at radius 1 is 1.20 bits per heavy atom. The minimum Gasteiger partial charge on any atom is -0.406 e. The smallest absolute Gasteiger partial charge is 0.406 e. The van der Waals surface area contributed by atoms with E-state index >= 15 is 0 Å². The van der Waals surface area contributed by atoms with E-state index in [1.165, 1.54) is 12.1 Å². The highest BCUT2D eigenvalue weighted by atomic mass is 35.5. The first-order valence-corrected chi connectivity index (χ1v) is 6.89. The second kappa shape index (κ2) is 7.74. The molecule has 0 aromatic heterocycles. The lowest BCUT2D eigenvalue weighted by Crippen LogP contribution is -2.24. The maximum atomic E-state index is 12.0. The Morgan fingerprint density at radius 2 is 1.80 bits per heavy atom. The maximum absolute atomic E-state index is 12.0. The number of alkyl halides is 4. The summed E-state index contributed by atoms with van der Waals surface area (Å²) in [4.78, 5) is 0. The number of hydrogen-bond donors (Lipinski definition) is 1. The molecule has 1 atom stereocenters. The van der Waals surface area contributed by atoms with E-state index in [4.69, 9.17) is 11.6 Å². The van der Waals surface area contributed by atoms with Crippen LogP contribution in [0.15, 0.2) is 24.3 Å². The van der Waals surface area contributed by atoms with Crippen LogP contribution < -0.4 is 10.1 Å². The van der Waals surface area contributed by atoms with Gasteiger partial charge in [0.05, 0.1) is 0 Å². The second-order valence-electron chi connectivity index (χ2n) is 5.05. The van der Waals surface area contributed by atoms with Crippen LogP contribution in [0.3, 0.4) is 0 Å². The summed E-state index contributed by atoms with van der Waals surface area (Å²) in [6, 6.07) is 5.80. The Kier molecular flexibility index (Phi) is 6.62. The van der Waals surface area contributed by atoms with E-state index in [1.54, 1.807) is 12.1 Å². The number of ether oxygens (including phenoxy) is 1. The lowest BCUT2D eigenvalue weighted by atomic mass is 10.1. The van der Waals surface area contributed by atoms with Crippen LogP contribution in [0.4, 0.5) is 13.2 Å². The zero-order valence-corrected chi connectivity index (χ0v) is 12.3. The zero-order valence-electron chi connectivity index (χ0n) is 11.5. The highest BCUT2D eigenvalue weighted by Gasteiger charge is 2.30. The molecule has 114 valence electrons. The van der Waals surface area contributed by atoms with Crippen molar-refractivity contribution < 1.29 is 17.9 Å². The van der Waals surface area contributed by atoms with Gasteiger partial charge in [0.25, 0.3) is 0 Å². The van der Waals surface area contributed by atoms with Crippen LogP contribution in [0.5, 0.6) is 5.75 Å². The molecular weight excluding hydrogens is 291 g/mol. The Labute approximate surface area is 122 Å². The van der Waals surface area contributed by atoms with Gasteiger partial charge < -0.3 is 10.1 Å². The molecule has 2 nitrogen and oxygen atoms in total. The number of halogens is 4. The summed E-state index contributed by atoms with van der Waals surface area (Å²) in [7, 11) is 0. The average Bonchev–Trinajstić information content (AvgIpc) is 2.28. The first-order valence-electron chi connectivity index (χ1n) is 6.45. The van der Waals surface area contributed by atoms with Crippen molar-refractivity contribution in [2.75, 3.05) is 6.54 Å². The molecule has 1 unspecified atom stereocenters. The van der Waals surface area contributed by atoms with Crippen LogP contribution >= 0.6 is 11.6 Å². The molecule has 0 saturated heterocycles. The first kappa shape index (κ1) is 17.1. The molecule has 1 N–H and O–H groups in total. The number of hydrogen-bond acceptors (Lipinski definition) is 2. The molecular formula is C14H19ClF3NO. The van der Waals surface area contributed by atoms with E-state index in [0.29, 0.717) is 19.0 Å². The predicted octanol–water partition coefficient (Wildman–Crippen LogP) is 4.33. The Bertz CT molecular complexity index is 392. The van der Waals surface area contributed by atoms with Crippen LogP contribution in [0, 0.1) is 5.92 Å². The molecule has 20 heavy (non-hydrogen) atoms. The molecule has 1 aromatic rings. The van der Waals surface area contributed by atoms with Crippen molar-refractivity contribution in [3.05, 3.63) is 29.8 Å². The van der Waals surface area contributed by atoms with Gasteiger partial charge in [-0.1, -0.05) is 26.0 Å². The SMILES string of the molecule is CC(C)CC(Cl)CNCc1ccc(OC(F)(F)F)cc1. The lowest BCUT2D eigenvalue weighted by Gasteiger charge is -2.13. The molecule has 0 fully saturated rings. The molecule has 0 heterocycles. The molecule has 0 amide bonds. The van der Waals surface area contributed by atoms with Crippen LogP contribution in [0.2, 0.25) is 0 Å². The third-order valence-electron chi connectivity index (χ3n) is 2.58. The van der Waals surface area contributed by atoms with Crippen LogP contribution in [0.25, 0.3) is 0 Å². The van der Waals surface area contributed by atoms with E-state index < -0.39 is 6.36 Å². The lowest BCUT2D eigenvalue weighted by molar-refractivity contribution is -0.274. The standard InChI is InChI=1S/C14H19ClF3NO/c1-10(2)7-12(15)9-19-8-11-3-5-13(6-4-11)20-14(16,17)18/h3-6,10,12,19H,7-9H2,1-2H3. The molecule has 0 aliphatic heterocycles. The number of rotatable bonds is 7. The first-order chi connectivity index (χ1) is 9.26. The summed E-state index contributed by atoms with van der Waals surface area (Å²) in [5, 5.41) is 3.24. The van der Waals surface area contributed by atoms with Gasteiger partial charge >= 0.3 is 6.36 Å². The van der Waals surface area contributed by atoms with Gasteiger partial charge in [-0.3, -0.25) is 0 Å². The summed E-state index contributed by atoms with van der Waals surface area (Å²) in [5.74, 6) is 0.328. The largest absolute Gasteiger partial charge is 0.573 e. The predicted molar refractivity (Wildman–Crippen MR) is 73.9 cm³/mol. The summed E-state index contributed by atoms with van der Waals surface area (Å²) in [6.45, 7) is 5.44. The Hall–Kier alpha value is -0.940. The van der Waals surface area contributed by atoms with Crippen molar-refractivity contribution in [2.24, 2.45) is 5.92 Å². The fourth-order valence-corrected chi connectivity index (χ4v) is 2.24. The van der Waals surface area contributed by atoms with Crippen molar-refractivity contribution in [2.45, 2.75) is 38.6 Å². The fourth-order valence-electron chi connectivity index (χ4n) is 1.78. The third-order valence-corrected chi connectivity index (χ3v) is 2.91. The van der Waals surface area contributed by atoms with E-state index in [9.17, 15) is 13.2 Å². The van der Waals surface area contributed by atoms with Gasteiger partial charge in [-0.05, 0) is 30.0 Å². The molecule has 0 bridgehead atoms. The molecule has 0 aliphatic carbocycles. The molecule has 0 spiro atoms. The molecule has 0 saturated carbocycles. The van der Waals surface area contributed by atoms with E-state index in [1.807, 2.05) is 0 Å². The maximum Gasteiger partial charge on any atom is 0.573 e. The van der Waals surface area contributed by atoms with Gasteiger partial charge in [0.15, 0.2) is 0 Å². The summed E-state index contributed by atoms with van der Waals surface area (Å²) in [6.07, 6.45) is -3.73. The van der Waals surface area contributed by atoms with Gasteiger partial charge in [-0.2, -0.15) is 0 Å². The quantitative estimate of drug-likeness (QED) is 0.757. The van der Waals surface area contributed by atoms with Gasteiger partial charge in [0.2, 0.25) is 0 Å². The van der Waals surface area contributed by atoms with Crippen LogP contribution in [-0.2, 0) is 6.54 Å². The Morgan fingerprint density at radius 3 is 2.30 bits per heavy atom. The highest BCUT2D eigenvalue weighted by Crippen LogP contribution is 2.22. The van der Waals surface area contributed by atoms with E-state index in [2.05, 4.69) is 23.9 Å². The van der Waals surface area contributed by atoms with Crippen LogP contribution in [-0.4, -0.2) is 18.3 Å². The minimum absolute atomic E-state index is 0.0582. The second-order valence-corrected chi connectivity index (χ2v) is 5.67. The summed E-state index contributed by atoms with van der Waals surface area (Å²) >= 11 is 6.13. The third kappa shape index (κ3) is 7.60. The summed E-state index contributed by atoms with van der Waals surface area (Å²) < 4.78 is 39.8. The number of nitrogens with one attached hydrogen (secondary N) is 1. The van der Waals surface area contributed by atoms with Crippen molar-refractivity contribution in [1.29, 1.82) is 0 Å². The van der Waals surface area contributed by atoms with Crippen molar-refractivity contribution in [3.63, 3.8) is 0 Å². The van der Waals surface area contributed by atoms with Gasteiger partial charge in [0, 0.05) is 18.5 Å². The summed E-state index contributed by atoms with van der Waals surface area (Å²) in [5.41, 5.74) is 0.882. The van der Waals surface area contributed by atoms with E-state index in [-0.39, 0.29) is 11.1 Å². The molecule has 1 rings (SSSR count). The van der Waals surface area contributed by atoms with Crippen LogP contribution in [0.1, 0.15) is 25.8 Å². The van der Waals surface area contributed by atoms with Gasteiger partial charge in [-0.15, -0.1) is 24.8 Å². The van der Waals surface area contributed by atoms with Gasteiger partial charge in [0.1, 0.15) is 5.75 Å². The van der Waals surface area contributed by atoms with Gasteiger partial charge in [-0.25, -0.2) is 0 Å². The highest BCUT2D eigenvalue weighted by molar-refractivity contribution is 6.20.